The maximum atomic E-state index is 4.05. The van der Waals surface area contributed by atoms with Crippen LogP contribution in [0.1, 0.15) is 5.56 Å². The average molecular weight is 249 g/mol. The van der Waals surface area contributed by atoms with E-state index in [0.29, 0.717) is 0 Å². The molecule has 1 aromatic carbocycles. The number of aromatic nitrogens is 2. The Balaban J connectivity index is 2.18. The summed E-state index contributed by atoms with van der Waals surface area (Å²) in [6, 6.07) is 12.3. The molecule has 0 atom stereocenters. The molecule has 94 valence electrons. The monoisotopic (exact) mass is 249 g/mol. The van der Waals surface area contributed by atoms with E-state index in [1.807, 2.05) is 37.4 Å². The Morgan fingerprint density at radius 1 is 1.16 bits per heavy atom. The van der Waals surface area contributed by atoms with Crippen molar-refractivity contribution in [3.63, 3.8) is 0 Å². The number of pyridine rings is 1. The molecule has 3 nitrogen and oxygen atoms in total. The molecule has 0 fully saturated rings. The Morgan fingerprint density at radius 2 is 1.89 bits per heavy atom. The van der Waals surface area contributed by atoms with Gasteiger partial charge in [0.2, 0.25) is 0 Å². The third-order valence-corrected chi connectivity index (χ3v) is 3.30. The zero-order chi connectivity index (χ0) is 13.2. The molecular weight excluding hydrogens is 234 g/mol. The molecule has 0 saturated carbocycles. The molecular formula is C16H15N3. The van der Waals surface area contributed by atoms with Crippen LogP contribution < -0.4 is 5.01 Å². The molecule has 3 heteroatoms. The third kappa shape index (κ3) is 1.89. The van der Waals surface area contributed by atoms with Crippen molar-refractivity contribution in [2.24, 2.45) is 0 Å². The standard InChI is InChI=1S/C16H15N3/c1-3-13-12-19(16-7-5-4-6-15(13)16)18(2)14-8-10-17-11-9-14/h3-12H,1H2,2H3. The van der Waals surface area contributed by atoms with Gasteiger partial charge in [0.15, 0.2) is 0 Å². The molecule has 0 N–H and O–H groups in total. The first-order chi connectivity index (χ1) is 9.31. The molecule has 0 spiro atoms. The minimum Gasteiger partial charge on any atom is -0.284 e. The summed E-state index contributed by atoms with van der Waals surface area (Å²) < 4.78 is 2.13. The Morgan fingerprint density at radius 3 is 2.63 bits per heavy atom. The largest absolute Gasteiger partial charge is 0.284 e. The Labute approximate surface area is 112 Å². The van der Waals surface area contributed by atoms with Crippen LogP contribution in [0.2, 0.25) is 0 Å². The molecule has 0 radical (unpaired) electrons. The van der Waals surface area contributed by atoms with Gasteiger partial charge in [0.1, 0.15) is 0 Å². The van der Waals surface area contributed by atoms with Gasteiger partial charge in [-0.05, 0) is 18.2 Å². The highest BCUT2D eigenvalue weighted by atomic mass is 15.5. The lowest BCUT2D eigenvalue weighted by Gasteiger charge is -2.21. The molecule has 0 aliphatic carbocycles. The molecule has 0 bridgehead atoms. The lowest BCUT2D eigenvalue weighted by atomic mass is 10.2. The number of hydrogen-bond acceptors (Lipinski definition) is 2. The fraction of sp³-hybridized carbons (Fsp3) is 0.0625. The van der Waals surface area contributed by atoms with Gasteiger partial charge in [-0.3, -0.25) is 14.7 Å². The quantitative estimate of drug-likeness (QED) is 0.707. The van der Waals surface area contributed by atoms with E-state index in [-0.39, 0.29) is 0 Å². The average Bonchev–Trinajstić information content (AvgIpc) is 2.86. The van der Waals surface area contributed by atoms with Crippen molar-refractivity contribution in [3.05, 3.63) is 67.1 Å². The highest BCUT2D eigenvalue weighted by Crippen LogP contribution is 2.24. The summed E-state index contributed by atoms with van der Waals surface area (Å²) in [6.45, 7) is 3.88. The van der Waals surface area contributed by atoms with Crippen LogP contribution in [0.3, 0.4) is 0 Å². The number of anilines is 1. The van der Waals surface area contributed by atoms with Gasteiger partial charge in [-0.25, -0.2) is 0 Å². The minimum absolute atomic E-state index is 1.09. The fourth-order valence-electron chi connectivity index (χ4n) is 2.28. The van der Waals surface area contributed by atoms with E-state index in [4.69, 9.17) is 0 Å². The van der Waals surface area contributed by atoms with Gasteiger partial charge in [-0.2, -0.15) is 0 Å². The van der Waals surface area contributed by atoms with E-state index >= 15 is 0 Å². The van der Waals surface area contributed by atoms with Gasteiger partial charge < -0.3 is 0 Å². The van der Waals surface area contributed by atoms with Crippen molar-refractivity contribution in [3.8, 4) is 0 Å². The molecule has 0 aliphatic heterocycles. The van der Waals surface area contributed by atoms with Crippen molar-refractivity contribution >= 4 is 22.7 Å². The fourth-order valence-corrected chi connectivity index (χ4v) is 2.28. The lowest BCUT2D eigenvalue weighted by Crippen LogP contribution is -2.23. The van der Waals surface area contributed by atoms with Crippen molar-refractivity contribution in [2.45, 2.75) is 0 Å². The predicted molar refractivity (Wildman–Crippen MR) is 80.1 cm³/mol. The summed E-state index contributed by atoms with van der Waals surface area (Å²) >= 11 is 0. The van der Waals surface area contributed by atoms with Crippen LogP contribution in [0.15, 0.2) is 61.6 Å². The summed E-state index contributed by atoms with van der Waals surface area (Å²) in [5.41, 5.74) is 3.39. The number of hydrogen-bond donors (Lipinski definition) is 0. The lowest BCUT2D eigenvalue weighted by molar-refractivity contribution is 0.807. The number of para-hydroxylation sites is 1. The number of nitrogens with zero attached hydrogens (tertiary/aromatic N) is 3. The topological polar surface area (TPSA) is 21.1 Å². The Kier molecular flexibility index (Phi) is 2.80. The Hall–Kier alpha value is -2.55. The maximum Gasteiger partial charge on any atom is 0.0704 e. The van der Waals surface area contributed by atoms with Crippen LogP contribution in [0.5, 0.6) is 0 Å². The van der Waals surface area contributed by atoms with Crippen LogP contribution in [0.25, 0.3) is 17.0 Å². The van der Waals surface area contributed by atoms with Crippen molar-refractivity contribution < 1.29 is 0 Å². The van der Waals surface area contributed by atoms with Crippen molar-refractivity contribution in [1.29, 1.82) is 0 Å². The predicted octanol–water partition coefficient (Wildman–Crippen LogP) is 3.58. The first-order valence-corrected chi connectivity index (χ1v) is 6.18. The Bertz CT molecular complexity index is 713. The van der Waals surface area contributed by atoms with Crippen LogP contribution in [-0.4, -0.2) is 16.7 Å². The van der Waals surface area contributed by atoms with Crippen LogP contribution in [0, 0.1) is 0 Å². The molecule has 0 saturated heterocycles. The summed E-state index contributed by atoms with van der Waals surface area (Å²) in [7, 11) is 2.04. The van der Waals surface area contributed by atoms with E-state index in [9.17, 15) is 0 Å². The minimum atomic E-state index is 1.09. The molecule has 2 aromatic heterocycles. The first-order valence-electron chi connectivity index (χ1n) is 6.18. The number of fused-ring (bicyclic) bond motifs is 1. The second-order valence-electron chi connectivity index (χ2n) is 4.38. The zero-order valence-corrected chi connectivity index (χ0v) is 10.8. The maximum absolute atomic E-state index is 4.05. The second kappa shape index (κ2) is 4.61. The highest BCUT2D eigenvalue weighted by Gasteiger charge is 2.09. The second-order valence-corrected chi connectivity index (χ2v) is 4.38. The molecule has 0 unspecified atom stereocenters. The van der Waals surface area contributed by atoms with Crippen molar-refractivity contribution in [1.82, 2.24) is 9.66 Å². The van der Waals surface area contributed by atoms with Gasteiger partial charge in [-0.1, -0.05) is 30.9 Å². The highest BCUT2D eigenvalue weighted by molar-refractivity contribution is 5.89. The van der Waals surface area contributed by atoms with Crippen molar-refractivity contribution in [2.75, 3.05) is 12.1 Å². The van der Waals surface area contributed by atoms with Gasteiger partial charge in [0.05, 0.1) is 11.2 Å². The third-order valence-electron chi connectivity index (χ3n) is 3.30. The van der Waals surface area contributed by atoms with E-state index in [0.717, 1.165) is 16.8 Å². The summed E-state index contributed by atoms with van der Waals surface area (Å²) in [6.07, 6.45) is 7.58. The summed E-state index contributed by atoms with van der Waals surface area (Å²) in [5, 5.41) is 3.30. The summed E-state index contributed by atoms with van der Waals surface area (Å²) in [5.74, 6) is 0. The van der Waals surface area contributed by atoms with Gasteiger partial charge in [0.25, 0.3) is 0 Å². The smallest absolute Gasteiger partial charge is 0.0704 e. The van der Waals surface area contributed by atoms with E-state index in [1.54, 1.807) is 12.4 Å². The number of benzene rings is 1. The molecule has 0 aliphatic rings. The van der Waals surface area contributed by atoms with E-state index < -0.39 is 0 Å². The van der Waals surface area contributed by atoms with Gasteiger partial charge in [0, 0.05) is 36.6 Å². The molecule has 0 amide bonds. The van der Waals surface area contributed by atoms with Crippen LogP contribution in [-0.2, 0) is 0 Å². The summed E-state index contributed by atoms with van der Waals surface area (Å²) in [4.78, 5) is 4.05. The first kappa shape index (κ1) is 11.5. The zero-order valence-electron chi connectivity index (χ0n) is 10.8. The molecule has 3 aromatic rings. The van der Waals surface area contributed by atoms with E-state index in [2.05, 4.69) is 39.6 Å². The van der Waals surface area contributed by atoms with Gasteiger partial charge in [-0.15, -0.1) is 0 Å². The van der Waals surface area contributed by atoms with Gasteiger partial charge >= 0.3 is 0 Å². The van der Waals surface area contributed by atoms with Crippen LogP contribution in [0.4, 0.5) is 5.69 Å². The number of rotatable bonds is 3. The molecule has 2 heterocycles. The molecule has 19 heavy (non-hydrogen) atoms. The SMILES string of the molecule is C=Cc1cn(N(C)c2ccncc2)c2ccccc12. The van der Waals surface area contributed by atoms with E-state index in [1.165, 1.54) is 5.39 Å². The normalized spacial score (nSPS) is 10.6. The molecule has 3 rings (SSSR count). The van der Waals surface area contributed by atoms with Crippen LogP contribution >= 0.6 is 0 Å².